The van der Waals surface area contributed by atoms with Crippen LogP contribution in [0.3, 0.4) is 0 Å². The molecule has 1 saturated heterocycles. The molecule has 2 aliphatic rings. The van der Waals surface area contributed by atoms with Gasteiger partial charge < -0.3 is 36.4 Å². The van der Waals surface area contributed by atoms with Gasteiger partial charge in [0.15, 0.2) is 17.9 Å². The number of carboxylic acids is 2. The number of carboxylic acid groups (broad SMARTS) is 2. The summed E-state index contributed by atoms with van der Waals surface area (Å²) in [6, 6.07) is 2.69. The number of pyridine rings is 1. The Bertz CT molecular complexity index is 1700. The lowest BCUT2D eigenvalue weighted by Gasteiger charge is -2.49. The molecule has 0 saturated carbocycles. The van der Waals surface area contributed by atoms with Gasteiger partial charge in [0.25, 0.3) is 11.8 Å². The second-order valence-electron chi connectivity index (χ2n) is 10.2. The van der Waals surface area contributed by atoms with Gasteiger partial charge in [-0.05, 0) is 27.0 Å². The molecule has 2 amide bonds. The highest BCUT2D eigenvalue weighted by Crippen LogP contribution is 2.40. The molecule has 0 radical (unpaired) electrons. The summed E-state index contributed by atoms with van der Waals surface area (Å²) >= 11 is 2.09. The van der Waals surface area contributed by atoms with E-state index in [1.165, 1.54) is 30.5 Å². The summed E-state index contributed by atoms with van der Waals surface area (Å²) < 4.78 is 5.89. The monoisotopic (exact) mass is 630 g/mol. The van der Waals surface area contributed by atoms with E-state index in [0.29, 0.717) is 17.9 Å². The summed E-state index contributed by atoms with van der Waals surface area (Å²) in [6.07, 6.45) is 3.75. The van der Waals surface area contributed by atoms with Crippen molar-refractivity contribution in [3.8, 4) is 0 Å². The molecule has 7 N–H and O–H groups in total. The minimum absolute atomic E-state index is 0.0248. The van der Waals surface area contributed by atoms with Crippen LogP contribution in [-0.4, -0.2) is 88.7 Å². The van der Waals surface area contributed by atoms with Crippen LogP contribution in [0, 0.1) is 0 Å². The number of hydrogen-bond acceptors (Lipinski definition) is 12. The van der Waals surface area contributed by atoms with E-state index in [1.54, 1.807) is 0 Å². The van der Waals surface area contributed by atoms with Crippen molar-refractivity contribution < 1.29 is 38.8 Å². The molecule has 226 valence electrons. The molecule has 0 bridgehead atoms. The number of hydrogen-bond donors (Lipinski definition) is 6. The van der Waals surface area contributed by atoms with Crippen LogP contribution in [0.2, 0.25) is 0 Å². The Kier molecular flexibility index (Phi) is 8.08. The van der Waals surface area contributed by atoms with E-state index in [9.17, 15) is 29.4 Å². The highest BCUT2D eigenvalue weighted by molar-refractivity contribution is 8.00. The van der Waals surface area contributed by atoms with Crippen LogP contribution in [0.25, 0.3) is 11.0 Å². The van der Waals surface area contributed by atoms with Crippen LogP contribution in [0.15, 0.2) is 41.0 Å². The summed E-state index contributed by atoms with van der Waals surface area (Å²) in [5.41, 5.74) is 6.58. The molecule has 43 heavy (non-hydrogen) atoms. The average molecular weight is 631 g/mol. The zero-order chi connectivity index (χ0) is 31.1. The second-order valence-corrected chi connectivity index (χ2v) is 12.1. The third kappa shape index (κ3) is 5.63. The number of aliphatic carboxylic acids is 2. The predicted molar refractivity (Wildman–Crippen MR) is 155 cm³/mol. The van der Waals surface area contributed by atoms with Gasteiger partial charge in [-0.1, -0.05) is 5.16 Å². The van der Waals surface area contributed by atoms with Crippen molar-refractivity contribution in [1.29, 1.82) is 0 Å². The number of aromatic nitrogens is 4. The van der Waals surface area contributed by atoms with Crippen LogP contribution in [0.4, 0.5) is 5.13 Å². The van der Waals surface area contributed by atoms with Crippen LogP contribution in [-0.2, 0) is 37.1 Å². The molecule has 2 aliphatic heterocycles. The van der Waals surface area contributed by atoms with E-state index in [-0.39, 0.29) is 23.2 Å². The second kappa shape index (κ2) is 11.6. The Labute approximate surface area is 252 Å². The maximum absolute atomic E-state index is 13.3. The number of nitrogens with zero attached hydrogens (tertiary/aromatic N) is 5. The molecule has 0 aliphatic carbocycles. The molecule has 0 aromatic carbocycles. The lowest BCUT2D eigenvalue weighted by molar-refractivity contribution is -0.663. The van der Waals surface area contributed by atoms with E-state index in [1.807, 2.05) is 36.1 Å². The number of H-pyrrole nitrogens is 1. The Balaban J connectivity index is 1.39. The number of nitrogens with two attached hydrogens (primary N) is 1. The van der Waals surface area contributed by atoms with E-state index in [0.717, 1.165) is 28.1 Å². The summed E-state index contributed by atoms with van der Waals surface area (Å²) in [7, 11) is 1.83. The van der Waals surface area contributed by atoms with Gasteiger partial charge in [0.05, 0.1) is 5.56 Å². The first kappa shape index (κ1) is 29.9. The summed E-state index contributed by atoms with van der Waals surface area (Å²) in [5, 5.41) is 28.2. The summed E-state index contributed by atoms with van der Waals surface area (Å²) in [5.74, 6) is -4.07. The SMILES string of the molecule is CNCc1c[nH]c2ccc[n+](CC3=C(C(=O)O)N4C(=O)[C@@H](NC(=O)/C(=N\OC(C)(C)C(=O)O)c5nsc(N)n5)[C@H]4SC3)c12. The fourth-order valence-electron chi connectivity index (χ4n) is 4.65. The fourth-order valence-corrected chi connectivity index (χ4v) is 6.42. The van der Waals surface area contributed by atoms with Crippen LogP contribution < -0.4 is 20.9 Å². The van der Waals surface area contributed by atoms with Crippen molar-refractivity contribution in [3.63, 3.8) is 0 Å². The number of carbonyl (C=O) groups is 4. The number of thioether (sulfide) groups is 1. The van der Waals surface area contributed by atoms with Crippen molar-refractivity contribution >= 4 is 68.9 Å². The molecule has 0 unspecified atom stereocenters. The maximum atomic E-state index is 13.3. The van der Waals surface area contributed by atoms with Crippen molar-refractivity contribution in [1.82, 2.24) is 29.9 Å². The van der Waals surface area contributed by atoms with E-state index >= 15 is 0 Å². The Morgan fingerprint density at radius 1 is 1.35 bits per heavy atom. The van der Waals surface area contributed by atoms with E-state index in [4.69, 9.17) is 10.6 Å². The number of anilines is 1. The Hall–Kier alpha value is -4.55. The van der Waals surface area contributed by atoms with Crippen LogP contribution in [0.5, 0.6) is 0 Å². The molecule has 3 aromatic rings. The highest BCUT2D eigenvalue weighted by atomic mass is 32.2. The molecule has 5 rings (SSSR count). The number of amides is 2. The van der Waals surface area contributed by atoms with Gasteiger partial charge in [0, 0.05) is 41.7 Å². The number of carbonyl (C=O) groups excluding carboxylic acids is 2. The van der Waals surface area contributed by atoms with Gasteiger partial charge in [0.2, 0.25) is 22.7 Å². The predicted octanol–water partition coefficient (Wildman–Crippen LogP) is -0.369. The molecule has 2 atom stereocenters. The van der Waals surface area contributed by atoms with E-state index in [2.05, 4.69) is 30.1 Å². The lowest BCUT2D eigenvalue weighted by atomic mass is 10.0. The topological polar surface area (TPSA) is 229 Å². The molecule has 3 aromatic heterocycles. The van der Waals surface area contributed by atoms with Gasteiger partial charge in [-0.3, -0.25) is 14.5 Å². The minimum Gasteiger partial charge on any atom is -0.478 e. The van der Waals surface area contributed by atoms with Crippen LogP contribution >= 0.6 is 23.3 Å². The van der Waals surface area contributed by atoms with Gasteiger partial charge in [-0.25, -0.2) is 9.59 Å². The standard InChI is InChI=1S/C25H27N9O7S2/c1-25(2,23(39)40)41-31-14(18-30-24(26)43-32-18)19(35)29-15-20(36)34-17(22(37)38)12(10-42-21(15)34)9-33-6-4-5-13-16(33)11(7-27-3)8-28-13/h4-6,8,15,21,27H,7,9-10H2,1-3H3,(H5,26,29,30,32,35,37,38,39,40)/p+1/b31-14-/t15-,21-/m1/s1. The number of nitrogen functional groups attached to an aromatic ring is 1. The Morgan fingerprint density at radius 3 is 2.77 bits per heavy atom. The van der Waals surface area contributed by atoms with Gasteiger partial charge in [-0.2, -0.15) is 13.9 Å². The number of rotatable bonds is 11. The van der Waals surface area contributed by atoms with Crippen molar-refractivity contribution in [2.24, 2.45) is 5.16 Å². The summed E-state index contributed by atoms with van der Waals surface area (Å²) in [6.45, 7) is 3.30. The molecular weight excluding hydrogens is 602 g/mol. The first-order valence-electron chi connectivity index (χ1n) is 12.9. The molecular formula is C25H28N9O7S2+. The smallest absolute Gasteiger partial charge is 0.352 e. The molecule has 16 nitrogen and oxygen atoms in total. The number of nitrogens with one attached hydrogen (secondary N) is 3. The Morgan fingerprint density at radius 2 is 2.12 bits per heavy atom. The number of β-lactam (4-membered cyclic amide) rings is 1. The first-order valence-corrected chi connectivity index (χ1v) is 14.7. The third-order valence-electron chi connectivity index (χ3n) is 6.79. The van der Waals surface area contributed by atoms with E-state index < -0.39 is 46.5 Å². The quantitative estimate of drug-likeness (QED) is 0.0690. The largest absolute Gasteiger partial charge is 0.478 e. The number of aromatic amines is 1. The zero-order valence-electron chi connectivity index (χ0n) is 23.2. The minimum atomic E-state index is -1.79. The van der Waals surface area contributed by atoms with Gasteiger partial charge in [-0.15, -0.1) is 11.8 Å². The summed E-state index contributed by atoms with van der Waals surface area (Å²) in [4.78, 5) is 63.9. The van der Waals surface area contributed by atoms with Crippen molar-refractivity contribution in [2.75, 3.05) is 18.5 Å². The number of oxime groups is 1. The number of fused-ring (bicyclic) bond motifs is 2. The normalized spacial score (nSPS) is 18.8. The maximum Gasteiger partial charge on any atom is 0.352 e. The molecule has 1 fully saturated rings. The zero-order valence-corrected chi connectivity index (χ0v) is 24.8. The van der Waals surface area contributed by atoms with Crippen LogP contribution in [0.1, 0.15) is 25.2 Å². The van der Waals surface area contributed by atoms with Gasteiger partial charge in [0.1, 0.15) is 22.6 Å². The van der Waals surface area contributed by atoms with Crippen molar-refractivity contribution in [2.45, 2.75) is 44.0 Å². The molecule has 0 spiro atoms. The van der Waals surface area contributed by atoms with Crippen molar-refractivity contribution in [3.05, 3.63) is 47.2 Å². The average Bonchev–Trinajstić information content (AvgIpc) is 3.58. The first-order chi connectivity index (χ1) is 20.4. The molecule has 5 heterocycles. The molecule has 18 heteroatoms. The van der Waals surface area contributed by atoms with Gasteiger partial charge >= 0.3 is 11.9 Å². The lowest BCUT2D eigenvalue weighted by Crippen LogP contribution is -2.71. The highest BCUT2D eigenvalue weighted by Gasteiger charge is 2.55. The third-order valence-corrected chi connectivity index (χ3v) is 8.67. The fraction of sp³-hybridized carbons (Fsp3) is 0.360.